The Morgan fingerprint density at radius 2 is 1.97 bits per heavy atom. The van der Waals surface area contributed by atoms with Crippen LogP contribution in [0.1, 0.15) is 25.6 Å². The number of benzene rings is 1. The summed E-state index contributed by atoms with van der Waals surface area (Å²) in [5.41, 5.74) is 1.21. The molecule has 0 spiro atoms. The number of fused-ring (bicyclic) bond motifs is 3. The van der Waals surface area contributed by atoms with Crippen LogP contribution in [0, 0.1) is 17.7 Å². The molecule has 1 aromatic carbocycles. The summed E-state index contributed by atoms with van der Waals surface area (Å²) >= 11 is 0. The summed E-state index contributed by atoms with van der Waals surface area (Å²) in [4.78, 5) is 28.0. The summed E-state index contributed by atoms with van der Waals surface area (Å²) in [6, 6.07) is 9.26. The molecule has 0 bridgehead atoms. The molecule has 2 aliphatic rings. The lowest BCUT2D eigenvalue weighted by atomic mass is 9.88. The zero-order chi connectivity index (χ0) is 20.7. The van der Waals surface area contributed by atoms with Gasteiger partial charge in [0.2, 0.25) is 5.91 Å². The van der Waals surface area contributed by atoms with E-state index in [1.807, 2.05) is 19.9 Å². The molecule has 7 heteroatoms. The Morgan fingerprint density at radius 3 is 2.62 bits per heavy atom. The minimum Gasteiger partial charge on any atom is -0.396 e. The van der Waals surface area contributed by atoms with Crippen molar-refractivity contribution in [1.29, 1.82) is 0 Å². The third kappa shape index (κ3) is 3.00. The molecule has 2 N–H and O–H groups in total. The van der Waals surface area contributed by atoms with Crippen LogP contribution in [0.3, 0.4) is 0 Å². The van der Waals surface area contributed by atoms with E-state index < -0.39 is 11.9 Å². The number of pyridine rings is 1. The Hall–Kier alpha value is -2.51. The number of rotatable bonds is 5. The van der Waals surface area contributed by atoms with Crippen LogP contribution in [0.4, 0.5) is 4.39 Å². The van der Waals surface area contributed by atoms with E-state index in [2.05, 4.69) is 10.2 Å². The van der Waals surface area contributed by atoms with Crippen molar-refractivity contribution in [3.05, 3.63) is 58.3 Å². The number of halogens is 1. The maximum atomic E-state index is 14.2. The van der Waals surface area contributed by atoms with Gasteiger partial charge in [-0.05, 0) is 31.7 Å². The molecule has 1 aromatic heterocycles. The van der Waals surface area contributed by atoms with Crippen molar-refractivity contribution < 1.29 is 14.3 Å². The molecular weight excluding hydrogens is 373 g/mol. The minimum absolute atomic E-state index is 0.0453. The standard InChI is InChI=1S/C22H26FN3O3/c1-3-24-21(28)20-16(12-27)15-11-26-18(19(15)25(20)4-2)10-9-14(22(26)29)13-7-5-6-8-17(13)23/h5-10,15-16,19-20,27H,3-4,11-12H2,1-2H3,(H,24,28)/t15-,16-,19+,20-/m1/s1. The molecule has 0 aliphatic carbocycles. The molecule has 6 nitrogen and oxygen atoms in total. The maximum absolute atomic E-state index is 14.2. The number of nitrogens with one attached hydrogen (secondary N) is 1. The average Bonchev–Trinajstić information content (AvgIpc) is 3.24. The second-order valence-corrected chi connectivity index (χ2v) is 7.69. The van der Waals surface area contributed by atoms with Gasteiger partial charge in [0.15, 0.2) is 0 Å². The van der Waals surface area contributed by atoms with Crippen molar-refractivity contribution in [3.8, 4) is 11.1 Å². The molecule has 154 valence electrons. The highest BCUT2D eigenvalue weighted by Gasteiger charge is 2.54. The number of hydrogen-bond donors (Lipinski definition) is 2. The summed E-state index contributed by atoms with van der Waals surface area (Å²) in [6.07, 6.45) is 0. The summed E-state index contributed by atoms with van der Waals surface area (Å²) < 4.78 is 15.9. The van der Waals surface area contributed by atoms with Gasteiger partial charge in [-0.15, -0.1) is 0 Å². The van der Waals surface area contributed by atoms with Gasteiger partial charge in [-0.2, -0.15) is 0 Å². The number of amides is 1. The molecule has 0 saturated carbocycles. The lowest BCUT2D eigenvalue weighted by molar-refractivity contribution is -0.127. The molecule has 1 fully saturated rings. The lowest BCUT2D eigenvalue weighted by Gasteiger charge is -2.29. The Morgan fingerprint density at radius 1 is 1.21 bits per heavy atom. The first kappa shape index (κ1) is 19.8. The fraction of sp³-hybridized carbons (Fsp3) is 0.455. The molecular formula is C22H26FN3O3. The third-order valence-corrected chi connectivity index (χ3v) is 6.34. The highest BCUT2D eigenvalue weighted by molar-refractivity contribution is 5.82. The van der Waals surface area contributed by atoms with Crippen LogP contribution in [-0.4, -0.2) is 46.2 Å². The van der Waals surface area contributed by atoms with Crippen molar-refractivity contribution in [2.75, 3.05) is 19.7 Å². The molecule has 2 aromatic rings. The summed E-state index contributed by atoms with van der Waals surface area (Å²) in [7, 11) is 0. The molecule has 3 heterocycles. The number of likely N-dealkylation sites (tertiary alicyclic amines) is 1. The predicted molar refractivity (Wildman–Crippen MR) is 108 cm³/mol. The maximum Gasteiger partial charge on any atom is 0.258 e. The smallest absolute Gasteiger partial charge is 0.258 e. The van der Waals surface area contributed by atoms with Crippen molar-refractivity contribution in [2.24, 2.45) is 11.8 Å². The highest BCUT2D eigenvalue weighted by atomic mass is 19.1. The Kier molecular flexibility index (Phi) is 5.27. The fourth-order valence-electron chi connectivity index (χ4n) is 5.14. The summed E-state index contributed by atoms with van der Waals surface area (Å²) in [5.74, 6) is -0.818. The van der Waals surface area contributed by atoms with Crippen LogP contribution in [0.5, 0.6) is 0 Å². The number of carbonyl (C=O) groups excluding carboxylic acids is 1. The van der Waals surface area contributed by atoms with Crippen LogP contribution < -0.4 is 10.9 Å². The molecule has 29 heavy (non-hydrogen) atoms. The topological polar surface area (TPSA) is 74.6 Å². The molecule has 1 saturated heterocycles. The predicted octanol–water partition coefficient (Wildman–Crippen LogP) is 1.77. The van der Waals surface area contributed by atoms with E-state index in [1.54, 1.807) is 28.8 Å². The quantitative estimate of drug-likeness (QED) is 0.804. The van der Waals surface area contributed by atoms with Gasteiger partial charge in [-0.3, -0.25) is 14.5 Å². The van der Waals surface area contributed by atoms with Gasteiger partial charge in [-0.25, -0.2) is 4.39 Å². The summed E-state index contributed by atoms with van der Waals surface area (Å²) in [5, 5.41) is 13.0. The number of aliphatic hydroxyl groups is 1. The van der Waals surface area contributed by atoms with Gasteiger partial charge in [0.25, 0.3) is 5.56 Å². The first-order valence-electron chi connectivity index (χ1n) is 10.2. The second-order valence-electron chi connectivity index (χ2n) is 7.69. The van der Waals surface area contributed by atoms with Gasteiger partial charge in [0.1, 0.15) is 5.82 Å². The normalized spacial score (nSPS) is 25.7. The van der Waals surface area contributed by atoms with Gasteiger partial charge in [0.05, 0.1) is 17.6 Å². The van der Waals surface area contributed by atoms with Gasteiger partial charge in [-0.1, -0.05) is 25.1 Å². The molecule has 4 rings (SSSR count). The molecule has 0 unspecified atom stereocenters. The van der Waals surface area contributed by atoms with Crippen molar-refractivity contribution >= 4 is 5.91 Å². The Bertz CT molecular complexity index is 990. The zero-order valence-corrected chi connectivity index (χ0v) is 16.6. The van der Waals surface area contributed by atoms with E-state index in [4.69, 9.17) is 0 Å². The minimum atomic E-state index is -0.428. The van der Waals surface area contributed by atoms with Gasteiger partial charge in [0, 0.05) is 42.8 Å². The second kappa shape index (κ2) is 7.72. The van der Waals surface area contributed by atoms with Crippen LogP contribution in [0.25, 0.3) is 11.1 Å². The Labute approximate surface area is 169 Å². The number of aliphatic hydroxyl groups excluding tert-OH is 1. The number of nitrogens with zero attached hydrogens (tertiary/aromatic N) is 2. The van der Waals surface area contributed by atoms with E-state index in [-0.39, 0.29) is 41.5 Å². The Balaban J connectivity index is 1.78. The highest BCUT2D eigenvalue weighted by Crippen LogP contribution is 2.49. The number of hydrogen-bond acceptors (Lipinski definition) is 4. The van der Waals surface area contributed by atoms with Crippen LogP contribution >= 0.6 is 0 Å². The molecule has 4 atom stereocenters. The zero-order valence-electron chi connectivity index (χ0n) is 16.6. The average molecular weight is 399 g/mol. The van der Waals surface area contributed by atoms with E-state index in [1.165, 1.54) is 6.07 Å². The van der Waals surface area contributed by atoms with E-state index in [9.17, 15) is 19.1 Å². The molecule has 0 radical (unpaired) electrons. The SMILES string of the molecule is CCNC(=O)[C@H]1[C@H](CO)[C@H]2Cn3c(ccc(-c4ccccc4F)c3=O)[C@H]2N1CC. The van der Waals surface area contributed by atoms with Crippen molar-refractivity contribution in [3.63, 3.8) is 0 Å². The van der Waals surface area contributed by atoms with E-state index in [0.717, 1.165) is 5.69 Å². The first-order chi connectivity index (χ1) is 14.0. The lowest BCUT2D eigenvalue weighted by Crippen LogP contribution is -2.48. The fourth-order valence-corrected chi connectivity index (χ4v) is 5.14. The largest absolute Gasteiger partial charge is 0.396 e. The number of aromatic nitrogens is 1. The number of likely N-dealkylation sites (N-methyl/N-ethyl adjacent to an activating group) is 2. The van der Waals surface area contributed by atoms with Gasteiger partial charge >= 0.3 is 0 Å². The van der Waals surface area contributed by atoms with E-state index >= 15 is 0 Å². The van der Waals surface area contributed by atoms with Gasteiger partial charge < -0.3 is 15.0 Å². The monoisotopic (exact) mass is 399 g/mol. The van der Waals surface area contributed by atoms with Crippen LogP contribution in [0.2, 0.25) is 0 Å². The number of carbonyl (C=O) groups is 1. The molecule has 1 amide bonds. The third-order valence-electron chi connectivity index (χ3n) is 6.34. The van der Waals surface area contributed by atoms with E-state index in [0.29, 0.717) is 25.2 Å². The van der Waals surface area contributed by atoms with Crippen molar-refractivity contribution in [2.45, 2.75) is 32.5 Å². The van der Waals surface area contributed by atoms with Crippen molar-refractivity contribution in [1.82, 2.24) is 14.8 Å². The first-order valence-corrected chi connectivity index (χ1v) is 10.2. The summed E-state index contributed by atoms with van der Waals surface area (Å²) in [6.45, 7) is 5.31. The molecule has 2 aliphatic heterocycles. The van der Waals surface area contributed by atoms with Crippen LogP contribution in [-0.2, 0) is 11.3 Å². The van der Waals surface area contributed by atoms with Crippen LogP contribution in [0.15, 0.2) is 41.2 Å².